The maximum atomic E-state index is 5.62. The third-order valence-electron chi connectivity index (χ3n) is 2.79. The second-order valence-electron chi connectivity index (χ2n) is 3.86. The molecule has 2 N–H and O–H groups in total. The first-order valence-electron chi connectivity index (χ1n) is 5.31. The summed E-state index contributed by atoms with van der Waals surface area (Å²) in [5, 5.41) is 2.38. The summed E-state index contributed by atoms with van der Waals surface area (Å²) in [6, 6.07) is 0. The Balaban J connectivity index is 0.00000144. The van der Waals surface area contributed by atoms with E-state index in [2.05, 4.69) is 5.32 Å². The fraction of sp³-hybridized carbons (Fsp3) is 1.00. The van der Waals surface area contributed by atoms with Gasteiger partial charge in [-0.1, -0.05) is 25.7 Å². The highest BCUT2D eigenvalue weighted by molar-refractivity contribution is 6.17. The molecule has 0 heterocycles. The number of nitrogens with two attached hydrogens (primary N) is 1. The molecule has 1 aliphatic carbocycles. The SMILES string of the molecule is ClCC[NH2+]CC1CCCCCC1.[Cl-]. The van der Waals surface area contributed by atoms with E-state index in [4.69, 9.17) is 11.6 Å². The first kappa shape index (κ1) is 13.5. The van der Waals surface area contributed by atoms with Crippen LogP contribution in [-0.4, -0.2) is 19.0 Å². The van der Waals surface area contributed by atoms with Gasteiger partial charge in [0.05, 0.1) is 19.0 Å². The molecule has 0 aliphatic heterocycles. The monoisotopic (exact) mass is 225 g/mol. The molecule has 1 fully saturated rings. The minimum Gasteiger partial charge on any atom is -1.00 e. The van der Waals surface area contributed by atoms with Crippen molar-refractivity contribution < 1.29 is 17.7 Å². The van der Waals surface area contributed by atoms with Gasteiger partial charge in [0.25, 0.3) is 0 Å². The largest absolute Gasteiger partial charge is 1.00 e. The Kier molecular flexibility index (Phi) is 9.49. The lowest BCUT2D eigenvalue weighted by atomic mass is 10.0. The van der Waals surface area contributed by atoms with Gasteiger partial charge in [0.2, 0.25) is 0 Å². The van der Waals surface area contributed by atoms with Crippen molar-refractivity contribution in [3.63, 3.8) is 0 Å². The van der Waals surface area contributed by atoms with E-state index in [1.54, 1.807) is 0 Å². The average Bonchev–Trinajstić information content (AvgIpc) is 2.33. The quantitative estimate of drug-likeness (QED) is 0.351. The molecule has 0 amide bonds. The Morgan fingerprint density at radius 3 is 2.23 bits per heavy atom. The van der Waals surface area contributed by atoms with Crippen LogP contribution in [0.25, 0.3) is 0 Å². The van der Waals surface area contributed by atoms with Crippen LogP contribution >= 0.6 is 11.6 Å². The van der Waals surface area contributed by atoms with Crippen LogP contribution in [0.2, 0.25) is 0 Å². The summed E-state index contributed by atoms with van der Waals surface area (Å²) in [5.74, 6) is 1.78. The maximum Gasteiger partial charge on any atom is 0.0893 e. The Hall–Kier alpha value is 0.540. The lowest BCUT2D eigenvalue weighted by Crippen LogP contribution is -3.00. The summed E-state index contributed by atoms with van der Waals surface area (Å²) in [7, 11) is 0. The van der Waals surface area contributed by atoms with E-state index in [0.717, 1.165) is 18.3 Å². The molecule has 0 saturated heterocycles. The first-order valence-corrected chi connectivity index (χ1v) is 5.84. The predicted octanol–water partition coefficient (Wildman–Crippen LogP) is -1.24. The number of hydrogen-bond donors (Lipinski definition) is 1. The minimum absolute atomic E-state index is 0. The number of halogens is 2. The second-order valence-corrected chi connectivity index (χ2v) is 4.24. The second kappa shape index (κ2) is 9.11. The molecule has 3 heteroatoms. The van der Waals surface area contributed by atoms with Gasteiger partial charge in [-0.25, -0.2) is 0 Å². The van der Waals surface area contributed by atoms with Crippen molar-refractivity contribution in [2.45, 2.75) is 38.5 Å². The van der Waals surface area contributed by atoms with Gasteiger partial charge in [-0.3, -0.25) is 0 Å². The Morgan fingerprint density at radius 2 is 1.69 bits per heavy atom. The van der Waals surface area contributed by atoms with E-state index in [9.17, 15) is 0 Å². The number of hydrogen-bond acceptors (Lipinski definition) is 0. The van der Waals surface area contributed by atoms with Gasteiger partial charge in [0.1, 0.15) is 0 Å². The number of alkyl halides is 1. The Labute approximate surface area is 93.0 Å². The summed E-state index contributed by atoms with van der Waals surface area (Å²) in [6.45, 7) is 2.41. The molecule has 0 unspecified atom stereocenters. The summed E-state index contributed by atoms with van der Waals surface area (Å²) in [5.41, 5.74) is 0. The highest BCUT2D eigenvalue weighted by Gasteiger charge is 2.12. The van der Waals surface area contributed by atoms with Crippen molar-refractivity contribution in [3.05, 3.63) is 0 Å². The van der Waals surface area contributed by atoms with Crippen LogP contribution < -0.4 is 17.7 Å². The summed E-state index contributed by atoms with van der Waals surface area (Å²) in [4.78, 5) is 0. The maximum absolute atomic E-state index is 5.62. The average molecular weight is 226 g/mol. The van der Waals surface area contributed by atoms with E-state index in [1.165, 1.54) is 45.1 Å². The van der Waals surface area contributed by atoms with Crippen molar-refractivity contribution in [1.82, 2.24) is 0 Å². The molecular weight excluding hydrogens is 205 g/mol. The van der Waals surface area contributed by atoms with Gasteiger partial charge in [0.15, 0.2) is 0 Å². The van der Waals surface area contributed by atoms with E-state index < -0.39 is 0 Å². The molecule has 13 heavy (non-hydrogen) atoms. The molecule has 0 aromatic carbocycles. The summed E-state index contributed by atoms with van der Waals surface area (Å²) < 4.78 is 0. The van der Waals surface area contributed by atoms with Gasteiger partial charge in [-0.05, 0) is 12.8 Å². The molecule has 1 saturated carbocycles. The van der Waals surface area contributed by atoms with Crippen molar-refractivity contribution >= 4 is 11.6 Å². The van der Waals surface area contributed by atoms with E-state index in [0.29, 0.717) is 0 Å². The minimum atomic E-state index is 0. The standard InChI is InChI=1S/C10H20ClN.ClH/c11-7-8-12-9-10-5-3-1-2-4-6-10;/h10,12H,1-9H2;1H. The smallest absolute Gasteiger partial charge is 0.0893 e. The van der Waals surface area contributed by atoms with Gasteiger partial charge in [0, 0.05) is 5.92 Å². The van der Waals surface area contributed by atoms with Crippen LogP contribution in [0.1, 0.15) is 38.5 Å². The van der Waals surface area contributed by atoms with E-state index in [-0.39, 0.29) is 12.4 Å². The zero-order chi connectivity index (χ0) is 8.65. The highest BCUT2D eigenvalue weighted by Crippen LogP contribution is 2.21. The van der Waals surface area contributed by atoms with Crippen molar-refractivity contribution in [2.24, 2.45) is 5.92 Å². The van der Waals surface area contributed by atoms with Crippen molar-refractivity contribution in [3.8, 4) is 0 Å². The normalized spacial score (nSPS) is 19.2. The lowest BCUT2D eigenvalue weighted by Gasteiger charge is -2.11. The zero-order valence-electron chi connectivity index (χ0n) is 8.27. The molecule has 0 atom stereocenters. The summed E-state index contributed by atoms with van der Waals surface area (Å²) in [6.07, 6.45) is 8.76. The topological polar surface area (TPSA) is 16.6 Å². The molecule has 0 aromatic heterocycles. The molecule has 1 rings (SSSR count). The van der Waals surface area contributed by atoms with Gasteiger partial charge in [-0.2, -0.15) is 0 Å². The van der Waals surface area contributed by atoms with Crippen LogP contribution in [0.3, 0.4) is 0 Å². The molecule has 0 bridgehead atoms. The van der Waals surface area contributed by atoms with E-state index >= 15 is 0 Å². The van der Waals surface area contributed by atoms with E-state index in [1.807, 2.05) is 0 Å². The highest BCUT2D eigenvalue weighted by atomic mass is 35.5. The van der Waals surface area contributed by atoms with Gasteiger partial charge in [-0.15, -0.1) is 11.6 Å². The molecule has 0 radical (unpaired) electrons. The van der Waals surface area contributed by atoms with Crippen molar-refractivity contribution in [1.29, 1.82) is 0 Å². The molecule has 0 aromatic rings. The Morgan fingerprint density at radius 1 is 1.08 bits per heavy atom. The number of quaternary nitrogens is 1. The third kappa shape index (κ3) is 6.59. The van der Waals surface area contributed by atoms with Crippen LogP contribution in [0.15, 0.2) is 0 Å². The lowest BCUT2D eigenvalue weighted by molar-refractivity contribution is -0.656. The first-order chi connectivity index (χ1) is 5.93. The van der Waals surface area contributed by atoms with Crippen LogP contribution in [-0.2, 0) is 0 Å². The van der Waals surface area contributed by atoms with Gasteiger partial charge < -0.3 is 17.7 Å². The van der Waals surface area contributed by atoms with Crippen LogP contribution in [0, 0.1) is 5.92 Å². The zero-order valence-corrected chi connectivity index (χ0v) is 9.79. The van der Waals surface area contributed by atoms with Gasteiger partial charge >= 0.3 is 0 Å². The molecule has 0 spiro atoms. The fourth-order valence-corrected chi connectivity index (χ4v) is 2.18. The fourth-order valence-electron chi connectivity index (χ4n) is 2.03. The molecule has 80 valence electrons. The van der Waals surface area contributed by atoms with Crippen LogP contribution in [0.4, 0.5) is 0 Å². The summed E-state index contributed by atoms with van der Waals surface area (Å²) >= 11 is 5.62. The van der Waals surface area contributed by atoms with Crippen molar-refractivity contribution in [2.75, 3.05) is 19.0 Å². The molecule has 1 aliphatic rings. The third-order valence-corrected chi connectivity index (χ3v) is 3.01. The molecule has 1 nitrogen and oxygen atoms in total. The Bertz CT molecular complexity index is 101. The predicted molar refractivity (Wildman–Crippen MR) is 53.6 cm³/mol. The number of rotatable bonds is 4. The van der Waals surface area contributed by atoms with Crippen LogP contribution in [0.5, 0.6) is 0 Å². The molecular formula is C10H21Cl2N.